The highest BCUT2D eigenvalue weighted by atomic mass is 16.6. The smallest absolute Gasteiger partial charge is 0.412 e. The standard InChI is InChI=1S/C15H12N2O3/c18-15(20-10-13-4-2-8-19-13)17-12-6-5-11-3-1-7-16-14(11)9-12/h1-9H,10H2,(H,17,18). The number of nitrogens with zero attached hydrogens (tertiary/aromatic N) is 1. The first-order valence-electron chi connectivity index (χ1n) is 6.12. The van der Waals surface area contributed by atoms with Crippen LogP contribution in [-0.2, 0) is 11.3 Å². The van der Waals surface area contributed by atoms with Crippen molar-refractivity contribution in [2.24, 2.45) is 0 Å². The fourth-order valence-corrected chi connectivity index (χ4v) is 1.83. The second-order valence-corrected chi connectivity index (χ2v) is 4.19. The van der Waals surface area contributed by atoms with E-state index in [2.05, 4.69) is 10.3 Å². The fourth-order valence-electron chi connectivity index (χ4n) is 1.83. The van der Waals surface area contributed by atoms with Crippen LogP contribution in [0, 0.1) is 0 Å². The van der Waals surface area contributed by atoms with Crippen LogP contribution in [0.3, 0.4) is 0 Å². The van der Waals surface area contributed by atoms with E-state index in [1.165, 1.54) is 6.26 Å². The van der Waals surface area contributed by atoms with Gasteiger partial charge in [0.05, 0.1) is 11.8 Å². The maximum Gasteiger partial charge on any atom is 0.412 e. The molecule has 0 fully saturated rings. The zero-order valence-electron chi connectivity index (χ0n) is 10.6. The molecule has 0 saturated carbocycles. The largest absolute Gasteiger partial charge is 0.466 e. The number of benzene rings is 1. The predicted molar refractivity (Wildman–Crippen MR) is 74.3 cm³/mol. The van der Waals surface area contributed by atoms with Crippen LogP contribution in [0.1, 0.15) is 5.76 Å². The van der Waals surface area contributed by atoms with Gasteiger partial charge < -0.3 is 9.15 Å². The second kappa shape index (κ2) is 5.44. The average Bonchev–Trinajstić information content (AvgIpc) is 2.98. The van der Waals surface area contributed by atoms with Gasteiger partial charge in [-0.05, 0) is 30.3 Å². The molecule has 0 bridgehead atoms. The van der Waals surface area contributed by atoms with Crippen molar-refractivity contribution in [2.45, 2.75) is 6.61 Å². The molecule has 1 N–H and O–H groups in total. The maximum absolute atomic E-state index is 11.6. The summed E-state index contributed by atoms with van der Waals surface area (Å²) in [5.74, 6) is 0.598. The summed E-state index contributed by atoms with van der Waals surface area (Å²) in [4.78, 5) is 15.9. The number of hydrogen-bond donors (Lipinski definition) is 1. The summed E-state index contributed by atoms with van der Waals surface area (Å²) in [7, 11) is 0. The monoisotopic (exact) mass is 268 g/mol. The van der Waals surface area contributed by atoms with Crippen LogP contribution >= 0.6 is 0 Å². The van der Waals surface area contributed by atoms with Crippen LogP contribution in [0.2, 0.25) is 0 Å². The van der Waals surface area contributed by atoms with Gasteiger partial charge in [-0.1, -0.05) is 12.1 Å². The summed E-state index contributed by atoms with van der Waals surface area (Å²) in [5.41, 5.74) is 1.46. The molecule has 5 nitrogen and oxygen atoms in total. The Bertz CT molecular complexity index is 723. The number of rotatable bonds is 3. The molecule has 5 heteroatoms. The number of furan rings is 1. The molecule has 1 aromatic carbocycles. The van der Waals surface area contributed by atoms with Crippen LogP contribution in [0.4, 0.5) is 10.5 Å². The van der Waals surface area contributed by atoms with E-state index in [1.807, 2.05) is 18.2 Å². The van der Waals surface area contributed by atoms with Crippen molar-refractivity contribution in [2.75, 3.05) is 5.32 Å². The molecule has 0 atom stereocenters. The molecule has 0 saturated heterocycles. The Hall–Kier alpha value is -2.82. The molecule has 2 heterocycles. The van der Waals surface area contributed by atoms with Gasteiger partial charge in [-0.15, -0.1) is 0 Å². The molecule has 3 aromatic rings. The van der Waals surface area contributed by atoms with Crippen molar-refractivity contribution >= 4 is 22.7 Å². The molecule has 3 rings (SSSR count). The minimum absolute atomic E-state index is 0.102. The molecular weight excluding hydrogens is 256 g/mol. The van der Waals surface area contributed by atoms with Crippen LogP contribution in [-0.4, -0.2) is 11.1 Å². The summed E-state index contributed by atoms with van der Waals surface area (Å²) in [6.45, 7) is 0.102. The number of carbonyl (C=O) groups is 1. The third-order valence-electron chi connectivity index (χ3n) is 2.78. The van der Waals surface area contributed by atoms with Gasteiger partial charge in [0.15, 0.2) is 6.61 Å². The summed E-state index contributed by atoms with van der Waals surface area (Å²) >= 11 is 0. The second-order valence-electron chi connectivity index (χ2n) is 4.19. The Morgan fingerprint density at radius 3 is 3.05 bits per heavy atom. The molecule has 100 valence electrons. The first kappa shape index (κ1) is 12.2. The zero-order valence-corrected chi connectivity index (χ0v) is 10.6. The van der Waals surface area contributed by atoms with Crippen LogP contribution < -0.4 is 5.32 Å². The third-order valence-corrected chi connectivity index (χ3v) is 2.78. The molecule has 0 aliphatic rings. The lowest BCUT2D eigenvalue weighted by atomic mass is 10.2. The minimum atomic E-state index is -0.531. The SMILES string of the molecule is O=C(Nc1ccc2cccnc2c1)OCc1ccco1. The van der Waals surface area contributed by atoms with Crippen molar-refractivity contribution in [3.05, 3.63) is 60.7 Å². The lowest BCUT2D eigenvalue weighted by Crippen LogP contribution is -2.13. The van der Waals surface area contributed by atoms with Crippen molar-refractivity contribution in [1.29, 1.82) is 0 Å². The van der Waals surface area contributed by atoms with Crippen LogP contribution in [0.5, 0.6) is 0 Å². The van der Waals surface area contributed by atoms with E-state index in [0.717, 1.165) is 10.9 Å². The van der Waals surface area contributed by atoms with E-state index >= 15 is 0 Å². The van der Waals surface area contributed by atoms with Gasteiger partial charge in [-0.25, -0.2) is 4.79 Å². The normalized spacial score (nSPS) is 10.4. The first-order valence-corrected chi connectivity index (χ1v) is 6.12. The number of pyridine rings is 1. The summed E-state index contributed by atoms with van der Waals surface area (Å²) in [6, 6.07) is 12.8. The van der Waals surface area contributed by atoms with Crippen molar-refractivity contribution in [3.63, 3.8) is 0 Å². The number of hydrogen-bond acceptors (Lipinski definition) is 4. The highest BCUT2D eigenvalue weighted by Crippen LogP contribution is 2.17. The molecule has 0 radical (unpaired) electrons. The Balaban J connectivity index is 1.65. The Morgan fingerprint density at radius 2 is 2.20 bits per heavy atom. The van der Waals surface area contributed by atoms with Crippen molar-refractivity contribution in [3.8, 4) is 0 Å². The third kappa shape index (κ3) is 2.77. The quantitative estimate of drug-likeness (QED) is 0.788. The maximum atomic E-state index is 11.6. The fraction of sp³-hybridized carbons (Fsp3) is 0.0667. The van der Waals surface area contributed by atoms with Gasteiger partial charge in [0.25, 0.3) is 0 Å². The number of ether oxygens (including phenoxy) is 1. The van der Waals surface area contributed by atoms with Gasteiger partial charge in [0.2, 0.25) is 0 Å². The molecule has 1 amide bonds. The molecule has 0 aliphatic carbocycles. The highest BCUT2D eigenvalue weighted by Gasteiger charge is 2.05. The molecular formula is C15H12N2O3. The van der Waals surface area contributed by atoms with E-state index in [9.17, 15) is 4.79 Å². The topological polar surface area (TPSA) is 64.4 Å². The van der Waals surface area contributed by atoms with Gasteiger partial charge >= 0.3 is 6.09 Å². The summed E-state index contributed by atoms with van der Waals surface area (Å²) < 4.78 is 10.1. The summed E-state index contributed by atoms with van der Waals surface area (Å²) in [6.07, 6.45) is 2.71. The molecule has 2 aromatic heterocycles. The number of amides is 1. The average molecular weight is 268 g/mol. The van der Waals surface area contributed by atoms with Gasteiger partial charge in [-0.2, -0.15) is 0 Å². The lowest BCUT2D eigenvalue weighted by Gasteiger charge is -2.06. The highest BCUT2D eigenvalue weighted by molar-refractivity contribution is 5.89. The van der Waals surface area contributed by atoms with Gasteiger partial charge in [0.1, 0.15) is 5.76 Å². The van der Waals surface area contributed by atoms with E-state index in [0.29, 0.717) is 11.4 Å². The van der Waals surface area contributed by atoms with E-state index < -0.39 is 6.09 Å². The molecule has 0 aliphatic heterocycles. The Kier molecular flexibility index (Phi) is 3.33. The van der Waals surface area contributed by atoms with Crippen molar-refractivity contribution < 1.29 is 13.9 Å². The number of anilines is 1. The Morgan fingerprint density at radius 1 is 1.25 bits per heavy atom. The van der Waals surface area contributed by atoms with Crippen LogP contribution in [0.25, 0.3) is 10.9 Å². The number of nitrogens with one attached hydrogen (secondary N) is 1. The van der Waals surface area contributed by atoms with E-state index in [1.54, 1.807) is 30.5 Å². The number of carbonyl (C=O) groups excluding carboxylic acids is 1. The Labute approximate surface area is 115 Å². The first-order chi connectivity index (χ1) is 9.81. The predicted octanol–water partition coefficient (Wildman–Crippen LogP) is 3.58. The molecule has 20 heavy (non-hydrogen) atoms. The van der Waals surface area contributed by atoms with Crippen molar-refractivity contribution in [1.82, 2.24) is 4.98 Å². The summed E-state index contributed by atoms with van der Waals surface area (Å²) in [5, 5.41) is 3.67. The number of fused-ring (bicyclic) bond motifs is 1. The number of aromatic nitrogens is 1. The zero-order chi connectivity index (χ0) is 13.8. The van der Waals surface area contributed by atoms with Crippen LogP contribution in [0.15, 0.2) is 59.3 Å². The molecule has 0 spiro atoms. The minimum Gasteiger partial charge on any atom is -0.466 e. The molecule has 0 unspecified atom stereocenters. The lowest BCUT2D eigenvalue weighted by molar-refractivity contribution is 0.146. The van der Waals surface area contributed by atoms with E-state index in [-0.39, 0.29) is 6.61 Å². The van der Waals surface area contributed by atoms with E-state index in [4.69, 9.17) is 9.15 Å². The van der Waals surface area contributed by atoms with Gasteiger partial charge in [0, 0.05) is 17.3 Å². The van der Waals surface area contributed by atoms with Gasteiger partial charge in [-0.3, -0.25) is 10.3 Å².